The molecule has 0 saturated carbocycles. The number of hydrogen-bond acceptors (Lipinski definition) is 4. The van der Waals surface area contributed by atoms with Crippen molar-refractivity contribution in [2.24, 2.45) is 0 Å². The van der Waals surface area contributed by atoms with E-state index in [0.29, 0.717) is 12.6 Å². The van der Waals surface area contributed by atoms with Crippen molar-refractivity contribution in [1.29, 1.82) is 0 Å². The molecule has 0 aliphatic carbocycles. The van der Waals surface area contributed by atoms with Crippen molar-refractivity contribution >= 4 is 10.9 Å². The van der Waals surface area contributed by atoms with Gasteiger partial charge in [-0.3, -0.25) is 0 Å². The van der Waals surface area contributed by atoms with Crippen LogP contribution < -0.4 is 9.47 Å². The summed E-state index contributed by atoms with van der Waals surface area (Å²) < 4.78 is 10.8. The Bertz CT molecular complexity index is 714. The van der Waals surface area contributed by atoms with E-state index in [0.717, 1.165) is 22.2 Å². The lowest BCUT2D eigenvalue weighted by molar-refractivity contribution is 0.282. The van der Waals surface area contributed by atoms with Gasteiger partial charge in [0.1, 0.15) is 12.4 Å². The average molecular weight is 266 g/mol. The Kier molecular flexibility index (Phi) is 3.46. The fraction of sp³-hybridized carbons (Fsp3) is 0.125. The Hall–Kier alpha value is -2.62. The molecule has 0 atom stereocenters. The zero-order valence-electron chi connectivity index (χ0n) is 11.1. The predicted molar refractivity (Wildman–Crippen MR) is 76.9 cm³/mol. The molecule has 0 aliphatic heterocycles. The van der Waals surface area contributed by atoms with Gasteiger partial charge in [-0.15, -0.1) is 0 Å². The Balaban J connectivity index is 1.81. The van der Waals surface area contributed by atoms with Gasteiger partial charge in [0.25, 0.3) is 0 Å². The molecule has 20 heavy (non-hydrogen) atoms. The average Bonchev–Trinajstić information content (AvgIpc) is 2.53. The van der Waals surface area contributed by atoms with Crippen molar-refractivity contribution in [3.63, 3.8) is 0 Å². The van der Waals surface area contributed by atoms with Crippen molar-refractivity contribution < 1.29 is 9.47 Å². The van der Waals surface area contributed by atoms with Crippen molar-refractivity contribution in [2.45, 2.75) is 6.61 Å². The van der Waals surface area contributed by atoms with Crippen molar-refractivity contribution in [1.82, 2.24) is 9.97 Å². The molecule has 3 rings (SSSR count). The molecule has 0 radical (unpaired) electrons. The zero-order chi connectivity index (χ0) is 13.8. The normalized spacial score (nSPS) is 10.4. The second-order valence-electron chi connectivity index (χ2n) is 4.35. The highest BCUT2D eigenvalue weighted by molar-refractivity contribution is 5.79. The van der Waals surface area contributed by atoms with E-state index >= 15 is 0 Å². The van der Waals surface area contributed by atoms with Crippen LogP contribution in [0.15, 0.2) is 54.7 Å². The molecule has 1 heterocycles. The number of fused-ring (bicyclic) bond motifs is 1. The molecule has 4 nitrogen and oxygen atoms in total. The van der Waals surface area contributed by atoms with Crippen molar-refractivity contribution in [3.8, 4) is 11.8 Å². The molecule has 0 spiro atoms. The van der Waals surface area contributed by atoms with Crippen LogP contribution in [-0.4, -0.2) is 17.1 Å². The van der Waals surface area contributed by atoms with Gasteiger partial charge in [-0.05, 0) is 17.7 Å². The third kappa shape index (κ3) is 2.69. The number of benzene rings is 2. The van der Waals surface area contributed by atoms with Gasteiger partial charge in [0.2, 0.25) is 0 Å². The Morgan fingerprint density at radius 3 is 2.70 bits per heavy atom. The minimum absolute atomic E-state index is 0.370. The van der Waals surface area contributed by atoms with E-state index < -0.39 is 0 Å². The predicted octanol–water partition coefficient (Wildman–Crippen LogP) is 3.22. The van der Waals surface area contributed by atoms with Gasteiger partial charge in [0, 0.05) is 17.6 Å². The largest absolute Gasteiger partial charge is 0.497 e. The van der Waals surface area contributed by atoms with Crippen LogP contribution in [0.25, 0.3) is 10.9 Å². The Labute approximate surface area is 117 Å². The second-order valence-corrected chi connectivity index (χ2v) is 4.35. The van der Waals surface area contributed by atoms with Crippen LogP contribution in [0.5, 0.6) is 11.8 Å². The van der Waals surface area contributed by atoms with Crippen molar-refractivity contribution in [2.75, 3.05) is 7.11 Å². The molecule has 2 aromatic carbocycles. The third-order valence-electron chi connectivity index (χ3n) is 2.98. The number of nitrogens with zero attached hydrogens (tertiary/aromatic N) is 2. The summed E-state index contributed by atoms with van der Waals surface area (Å²) in [4.78, 5) is 8.59. The Morgan fingerprint density at radius 2 is 1.90 bits per heavy atom. The summed E-state index contributed by atoms with van der Waals surface area (Å²) in [5, 5.41) is 0.956. The lowest BCUT2D eigenvalue weighted by atomic mass is 10.2. The fourth-order valence-corrected chi connectivity index (χ4v) is 1.90. The van der Waals surface area contributed by atoms with E-state index in [2.05, 4.69) is 9.97 Å². The molecule has 0 aliphatic rings. The third-order valence-corrected chi connectivity index (χ3v) is 2.98. The molecule has 3 aromatic rings. The van der Waals surface area contributed by atoms with Crippen LogP contribution in [0, 0.1) is 0 Å². The van der Waals surface area contributed by atoms with Gasteiger partial charge in [0.05, 0.1) is 12.6 Å². The standard InChI is InChI=1S/C16H14N2O2/c1-19-14-8-7-13-10-17-16(18-15(13)9-14)20-11-12-5-3-2-4-6-12/h2-10H,11H2,1H3. The minimum Gasteiger partial charge on any atom is -0.497 e. The molecule has 0 fully saturated rings. The smallest absolute Gasteiger partial charge is 0.317 e. The first kappa shape index (κ1) is 12.4. The minimum atomic E-state index is 0.370. The van der Waals surface area contributed by atoms with E-state index in [4.69, 9.17) is 9.47 Å². The lowest BCUT2D eigenvalue weighted by Gasteiger charge is -2.06. The van der Waals surface area contributed by atoms with E-state index in [1.165, 1.54) is 0 Å². The molecular formula is C16H14N2O2. The molecule has 100 valence electrons. The summed E-state index contributed by atoms with van der Waals surface area (Å²) in [6.45, 7) is 0.455. The topological polar surface area (TPSA) is 44.2 Å². The number of ether oxygens (including phenoxy) is 2. The summed E-state index contributed by atoms with van der Waals surface area (Å²) in [5.74, 6) is 0.769. The van der Waals surface area contributed by atoms with Gasteiger partial charge in [-0.25, -0.2) is 4.98 Å². The van der Waals surface area contributed by atoms with Crippen molar-refractivity contribution in [3.05, 3.63) is 60.3 Å². The highest BCUT2D eigenvalue weighted by Gasteiger charge is 2.03. The first-order valence-corrected chi connectivity index (χ1v) is 6.33. The SMILES string of the molecule is COc1ccc2cnc(OCc3ccccc3)nc2c1. The van der Waals surface area contributed by atoms with Crippen LogP contribution in [0.3, 0.4) is 0 Å². The van der Waals surface area contributed by atoms with Crippen LogP contribution in [0.1, 0.15) is 5.56 Å². The quantitative estimate of drug-likeness (QED) is 0.727. The molecule has 0 bridgehead atoms. The van der Waals surface area contributed by atoms with Gasteiger partial charge in [0.15, 0.2) is 0 Å². The molecule has 0 unspecified atom stereocenters. The number of methoxy groups -OCH3 is 1. The summed E-state index contributed by atoms with van der Waals surface area (Å²) >= 11 is 0. The van der Waals surface area contributed by atoms with Gasteiger partial charge in [-0.2, -0.15) is 4.98 Å². The van der Waals surface area contributed by atoms with E-state index in [1.54, 1.807) is 13.3 Å². The van der Waals surface area contributed by atoms with E-state index in [1.807, 2.05) is 48.5 Å². The highest BCUT2D eigenvalue weighted by atomic mass is 16.5. The number of aromatic nitrogens is 2. The molecule has 0 amide bonds. The summed E-state index contributed by atoms with van der Waals surface area (Å²) in [5.41, 5.74) is 1.89. The summed E-state index contributed by atoms with van der Waals surface area (Å²) in [6, 6.07) is 16.0. The van der Waals surface area contributed by atoms with Crippen LogP contribution in [0.4, 0.5) is 0 Å². The van der Waals surface area contributed by atoms with Gasteiger partial charge in [-0.1, -0.05) is 30.3 Å². The molecule has 1 aromatic heterocycles. The first-order valence-electron chi connectivity index (χ1n) is 6.33. The van der Waals surface area contributed by atoms with E-state index in [9.17, 15) is 0 Å². The lowest BCUT2D eigenvalue weighted by Crippen LogP contribution is -1.99. The molecule has 4 heteroatoms. The summed E-state index contributed by atoms with van der Waals surface area (Å²) in [7, 11) is 1.63. The molecular weight excluding hydrogens is 252 g/mol. The fourth-order valence-electron chi connectivity index (χ4n) is 1.90. The second kappa shape index (κ2) is 5.57. The maximum Gasteiger partial charge on any atom is 0.317 e. The Morgan fingerprint density at radius 1 is 1.05 bits per heavy atom. The monoisotopic (exact) mass is 266 g/mol. The number of rotatable bonds is 4. The van der Waals surface area contributed by atoms with Crippen LogP contribution in [-0.2, 0) is 6.61 Å². The first-order chi connectivity index (χ1) is 9.85. The maximum absolute atomic E-state index is 5.61. The number of hydrogen-bond donors (Lipinski definition) is 0. The highest BCUT2D eigenvalue weighted by Crippen LogP contribution is 2.20. The molecule has 0 N–H and O–H groups in total. The van der Waals surface area contributed by atoms with Crippen LogP contribution in [0.2, 0.25) is 0 Å². The van der Waals surface area contributed by atoms with Gasteiger partial charge < -0.3 is 9.47 Å². The maximum atomic E-state index is 5.61. The van der Waals surface area contributed by atoms with Crippen LogP contribution >= 0.6 is 0 Å². The summed E-state index contributed by atoms with van der Waals surface area (Å²) in [6.07, 6.45) is 1.75. The van der Waals surface area contributed by atoms with Gasteiger partial charge >= 0.3 is 6.01 Å². The zero-order valence-corrected chi connectivity index (χ0v) is 11.1. The van der Waals surface area contributed by atoms with E-state index in [-0.39, 0.29) is 0 Å². The molecule has 0 saturated heterocycles.